The Bertz CT molecular complexity index is 903. The van der Waals surface area contributed by atoms with Crippen molar-refractivity contribution >= 4 is 11.8 Å². The number of carbonyl (C=O) groups excluding carboxylic acids is 2. The highest BCUT2D eigenvalue weighted by atomic mass is 16.5. The number of nitrogens with one attached hydrogen (secondary N) is 1. The lowest BCUT2D eigenvalue weighted by Gasteiger charge is -2.16. The van der Waals surface area contributed by atoms with Gasteiger partial charge >= 0.3 is 0 Å². The minimum absolute atomic E-state index is 0.0554. The molecule has 0 radical (unpaired) electrons. The van der Waals surface area contributed by atoms with Crippen LogP contribution in [0.4, 0.5) is 0 Å². The fourth-order valence-corrected chi connectivity index (χ4v) is 2.92. The lowest BCUT2D eigenvalue weighted by molar-refractivity contribution is -0.130. The summed E-state index contributed by atoms with van der Waals surface area (Å²) in [6.07, 6.45) is 3.93. The summed E-state index contributed by atoms with van der Waals surface area (Å²) in [6.45, 7) is 1.07. The van der Waals surface area contributed by atoms with E-state index in [9.17, 15) is 9.59 Å². The summed E-state index contributed by atoms with van der Waals surface area (Å²) in [5, 5.41) is 6.84. The molecule has 152 valence electrons. The van der Waals surface area contributed by atoms with Crippen LogP contribution in [0, 0.1) is 0 Å². The maximum atomic E-state index is 12.2. The number of amides is 2. The minimum Gasteiger partial charge on any atom is -0.459 e. The van der Waals surface area contributed by atoms with Crippen molar-refractivity contribution in [2.45, 2.75) is 25.7 Å². The molecule has 0 unspecified atom stereocenters. The summed E-state index contributed by atoms with van der Waals surface area (Å²) in [6, 6.07) is 15.1. The van der Waals surface area contributed by atoms with Gasteiger partial charge in [0.05, 0.1) is 6.26 Å². The molecular weight excluding hydrogens is 370 g/mol. The van der Waals surface area contributed by atoms with E-state index in [-0.39, 0.29) is 17.6 Å². The molecule has 0 fully saturated rings. The zero-order valence-corrected chi connectivity index (χ0v) is 16.5. The molecule has 0 saturated heterocycles. The summed E-state index contributed by atoms with van der Waals surface area (Å²) in [7, 11) is 1.79. The van der Waals surface area contributed by atoms with Gasteiger partial charge in [0.1, 0.15) is 11.5 Å². The zero-order chi connectivity index (χ0) is 20.5. The van der Waals surface area contributed by atoms with Gasteiger partial charge < -0.3 is 19.2 Å². The van der Waals surface area contributed by atoms with Crippen molar-refractivity contribution in [3.8, 4) is 11.3 Å². The first-order valence-corrected chi connectivity index (χ1v) is 9.70. The number of furan rings is 1. The molecule has 2 heterocycles. The molecule has 7 heteroatoms. The van der Waals surface area contributed by atoms with Gasteiger partial charge in [-0.25, -0.2) is 0 Å². The molecule has 0 atom stereocenters. The van der Waals surface area contributed by atoms with Crippen LogP contribution < -0.4 is 5.32 Å². The fraction of sp³-hybridized carbons (Fsp3) is 0.318. The second kappa shape index (κ2) is 10.3. The quantitative estimate of drug-likeness (QED) is 0.531. The number of aryl methyl sites for hydroxylation is 1. The van der Waals surface area contributed by atoms with Crippen molar-refractivity contribution < 1.29 is 18.5 Å². The van der Waals surface area contributed by atoms with Crippen molar-refractivity contribution in [1.82, 2.24) is 15.4 Å². The first-order chi connectivity index (χ1) is 14.1. The van der Waals surface area contributed by atoms with E-state index in [2.05, 4.69) is 10.5 Å². The van der Waals surface area contributed by atoms with Crippen LogP contribution in [0.3, 0.4) is 0 Å². The summed E-state index contributed by atoms with van der Waals surface area (Å²) in [4.78, 5) is 25.7. The predicted octanol–water partition coefficient (Wildman–Crippen LogP) is 3.54. The summed E-state index contributed by atoms with van der Waals surface area (Å²) < 4.78 is 10.4. The SMILES string of the molecule is CN(CCCc1cc(-c2ccccc2)no1)C(=O)CCCNC(=O)c1ccco1. The smallest absolute Gasteiger partial charge is 0.286 e. The van der Waals surface area contributed by atoms with Crippen LogP contribution in [0.1, 0.15) is 35.6 Å². The molecule has 2 aromatic heterocycles. The molecule has 0 aliphatic carbocycles. The van der Waals surface area contributed by atoms with Gasteiger partial charge in [-0.1, -0.05) is 35.5 Å². The molecular formula is C22H25N3O4. The Kier molecular flexibility index (Phi) is 7.22. The first-order valence-electron chi connectivity index (χ1n) is 9.70. The zero-order valence-electron chi connectivity index (χ0n) is 16.5. The highest BCUT2D eigenvalue weighted by Crippen LogP contribution is 2.19. The van der Waals surface area contributed by atoms with Gasteiger partial charge in [0, 0.05) is 44.6 Å². The molecule has 3 aromatic rings. The highest BCUT2D eigenvalue weighted by Gasteiger charge is 2.11. The van der Waals surface area contributed by atoms with Gasteiger partial charge in [-0.2, -0.15) is 0 Å². The van der Waals surface area contributed by atoms with Gasteiger partial charge in [0.2, 0.25) is 5.91 Å². The Labute approximate surface area is 169 Å². The van der Waals surface area contributed by atoms with Crippen LogP contribution >= 0.6 is 0 Å². The number of hydrogen-bond donors (Lipinski definition) is 1. The number of carbonyl (C=O) groups is 2. The van der Waals surface area contributed by atoms with Crippen LogP contribution in [-0.2, 0) is 11.2 Å². The van der Waals surface area contributed by atoms with Crippen molar-refractivity contribution in [1.29, 1.82) is 0 Å². The van der Waals surface area contributed by atoms with Gasteiger partial charge in [-0.15, -0.1) is 0 Å². The van der Waals surface area contributed by atoms with Crippen LogP contribution in [0.2, 0.25) is 0 Å². The van der Waals surface area contributed by atoms with Gasteiger partial charge in [-0.05, 0) is 25.0 Å². The number of hydrogen-bond acceptors (Lipinski definition) is 5. The molecule has 1 N–H and O–H groups in total. The average molecular weight is 395 g/mol. The summed E-state index contributed by atoms with van der Waals surface area (Å²) in [5.41, 5.74) is 1.84. The highest BCUT2D eigenvalue weighted by molar-refractivity contribution is 5.91. The number of benzene rings is 1. The third kappa shape index (κ3) is 6.07. The Morgan fingerprint density at radius 2 is 1.93 bits per heavy atom. The lowest BCUT2D eigenvalue weighted by atomic mass is 10.1. The molecule has 0 bridgehead atoms. The van der Waals surface area contributed by atoms with E-state index >= 15 is 0 Å². The van der Waals surface area contributed by atoms with Crippen molar-refractivity contribution in [2.75, 3.05) is 20.1 Å². The third-order valence-corrected chi connectivity index (χ3v) is 4.57. The van der Waals surface area contributed by atoms with Gasteiger partial charge in [0.25, 0.3) is 5.91 Å². The lowest BCUT2D eigenvalue weighted by Crippen LogP contribution is -2.29. The Morgan fingerprint density at radius 1 is 1.10 bits per heavy atom. The van der Waals surface area contributed by atoms with Crippen LogP contribution in [0.25, 0.3) is 11.3 Å². The van der Waals surface area contributed by atoms with E-state index < -0.39 is 0 Å². The normalized spacial score (nSPS) is 10.7. The summed E-state index contributed by atoms with van der Waals surface area (Å²) >= 11 is 0. The van der Waals surface area contributed by atoms with Gasteiger partial charge in [0.15, 0.2) is 5.76 Å². The van der Waals surface area contributed by atoms with Crippen LogP contribution in [0.15, 0.2) is 63.7 Å². The maximum Gasteiger partial charge on any atom is 0.286 e. The molecule has 3 rings (SSSR count). The molecule has 7 nitrogen and oxygen atoms in total. The fourth-order valence-electron chi connectivity index (χ4n) is 2.92. The van der Waals surface area contributed by atoms with Crippen molar-refractivity contribution in [2.24, 2.45) is 0 Å². The topological polar surface area (TPSA) is 88.6 Å². The Hall–Kier alpha value is -3.35. The maximum absolute atomic E-state index is 12.2. The number of aromatic nitrogens is 1. The first kappa shape index (κ1) is 20.4. The van der Waals surface area contributed by atoms with E-state index in [1.165, 1.54) is 6.26 Å². The molecule has 2 amide bonds. The molecule has 0 aliphatic rings. The van der Waals surface area contributed by atoms with Crippen molar-refractivity contribution in [3.63, 3.8) is 0 Å². The van der Waals surface area contributed by atoms with Gasteiger partial charge in [-0.3, -0.25) is 9.59 Å². The third-order valence-electron chi connectivity index (χ3n) is 4.57. The Balaban J connectivity index is 1.32. The van der Waals surface area contributed by atoms with E-state index in [1.807, 2.05) is 36.4 Å². The molecule has 0 aliphatic heterocycles. The van der Waals surface area contributed by atoms with E-state index in [0.29, 0.717) is 25.9 Å². The van der Waals surface area contributed by atoms with E-state index in [0.717, 1.165) is 29.9 Å². The largest absolute Gasteiger partial charge is 0.459 e. The minimum atomic E-state index is -0.266. The van der Waals surface area contributed by atoms with Crippen LogP contribution in [-0.4, -0.2) is 42.0 Å². The number of rotatable bonds is 10. The number of nitrogens with zero attached hydrogens (tertiary/aromatic N) is 2. The monoisotopic (exact) mass is 395 g/mol. The average Bonchev–Trinajstić information content (AvgIpc) is 3.44. The molecule has 0 spiro atoms. The summed E-state index contributed by atoms with van der Waals surface area (Å²) in [5.74, 6) is 0.874. The molecule has 1 aromatic carbocycles. The Morgan fingerprint density at radius 3 is 2.69 bits per heavy atom. The van der Waals surface area contributed by atoms with Crippen LogP contribution in [0.5, 0.6) is 0 Å². The van der Waals surface area contributed by atoms with Crippen molar-refractivity contribution in [3.05, 3.63) is 66.3 Å². The predicted molar refractivity (Wildman–Crippen MR) is 108 cm³/mol. The second-order valence-electron chi connectivity index (χ2n) is 6.80. The van der Waals surface area contributed by atoms with E-state index in [4.69, 9.17) is 8.94 Å². The van der Waals surface area contributed by atoms with E-state index in [1.54, 1.807) is 24.1 Å². The molecule has 0 saturated carbocycles. The molecule has 29 heavy (non-hydrogen) atoms. The second-order valence-corrected chi connectivity index (χ2v) is 6.80. The standard InChI is InChI=1S/C22H25N3O4/c1-25(21(26)12-5-13-23-22(27)20-11-7-15-28-20)14-6-10-18-16-19(24-29-18)17-8-3-2-4-9-17/h2-4,7-9,11,15-16H,5-6,10,12-14H2,1H3,(H,23,27).